The third-order valence-corrected chi connectivity index (χ3v) is 5.67. The van der Waals surface area contributed by atoms with Gasteiger partial charge in [-0.25, -0.2) is 0 Å². The molecule has 0 bridgehead atoms. The number of para-hydroxylation sites is 1. The number of carbonyl (C=O) groups excluding carboxylic acids is 2. The average molecular weight is 390 g/mol. The predicted octanol–water partition coefficient (Wildman–Crippen LogP) is 2.28. The number of nitrogens with zero attached hydrogens (tertiary/aromatic N) is 2. The molecule has 1 unspecified atom stereocenters. The summed E-state index contributed by atoms with van der Waals surface area (Å²) >= 11 is 0. The van der Waals surface area contributed by atoms with Crippen molar-refractivity contribution in [1.82, 2.24) is 20.1 Å². The minimum atomic E-state index is -0.482. The van der Waals surface area contributed by atoms with E-state index >= 15 is 0 Å². The molecule has 1 saturated heterocycles. The standard InChI is InChI=1S/C23H26N4O2/c1-24-22(28)21-16-26(12-11-18-15-25-20-10-6-5-9-19(18)20)13-14-27(21)23(29)17-7-3-2-4-8-17/h2-10,15,21,25H,11-14,16H2,1H3,(H,24,28). The Kier molecular flexibility index (Phi) is 5.62. The van der Waals surface area contributed by atoms with E-state index in [-0.39, 0.29) is 11.8 Å². The zero-order valence-electron chi connectivity index (χ0n) is 16.6. The Morgan fingerprint density at radius 3 is 2.62 bits per heavy atom. The molecule has 2 N–H and O–H groups in total. The highest BCUT2D eigenvalue weighted by Crippen LogP contribution is 2.20. The van der Waals surface area contributed by atoms with Gasteiger partial charge in [0.2, 0.25) is 5.91 Å². The van der Waals surface area contributed by atoms with Crippen molar-refractivity contribution < 1.29 is 9.59 Å². The van der Waals surface area contributed by atoms with Crippen molar-refractivity contribution >= 4 is 22.7 Å². The molecule has 2 aromatic carbocycles. The molecule has 2 amide bonds. The molecular formula is C23H26N4O2. The van der Waals surface area contributed by atoms with Crippen LogP contribution in [-0.2, 0) is 11.2 Å². The number of benzene rings is 2. The summed E-state index contributed by atoms with van der Waals surface area (Å²) in [6, 6.07) is 17.0. The van der Waals surface area contributed by atoms with Crippen molar-refractivity contribution in [3.8, 4) is 0 Å². The van der Waals surface area contributed by atoms with Gasteiger partial charge in [-0.1, -0.05) is 36.4 Å². The van der Waals surface area contributed by atoms with E-state index in [0.717, 1.165) is 25.0 Å². The zero-order valence-corrected chi connectivity index (χ0v) is 16.6. The van der Waals surface area contributed by atoms with Gasteiger partial charge in [-0.05, 0) is 30.2 Å². The number of rotatable bonds is 5. The fourth-order valence-corrected chi connectivity index (χ4v) is 4.04. The number of amides is 2. The second kappa shape index (κ2) is 8.49. The maximum absolute atomic E-state index is 13.0. The zero-order chi connectivity index (χ0) is 20.2. The van der Waals surface area contributed by atoms with E-state index in [1.54, 1.807) is 24.1 Å². The van der Waals surface area contributed by atoms with Gasteiger partial charge in [0.15, 0.2) is 0 Å². The summed E-state index contributed by atoms with van der Waals surface area (Å²) in [5, 5.41) is 3.96. The van der Waals surface area contributed by atoms with Crippen LogP contribution < -0.4 is 5.32 Å². The van der Waals surface area contributed by atoms with Gasteiger partial charge in [-0.15, -0.1) is 0 Å². The van der Waals surface area contributed by atoms with Gasteiger partial charge in [-0.2, -0.15) is 0 Å². The molecule has 0 spiro atoms. The fourth-order valence-electron chi connectivity index (χ4n) is 4.04. The first-order chi connectivity index (χ1) is 14.2. The van der Waals surface area contributed by atoms with Crippen LogP contribution in [0.5, 0.6) is 0 Å². The lowest BCUT2D eigenvalue weighted by atomic mass is 10.1. The number of piperazine rings is 1. The number of fused-ring (bicyclic) bond motifs is 1. The molecule has 0 saturated carbocycles. The topological polar surface area (TPSA) is 68.4 Å². The Morgan fingerprint density at radius 2 is 1.83 bits per heavy atom. The molecule has 1 aliphatic rings. The average Bonchev–Trinajstić information content (AvgIpc) is 3.20. The molecule has 150 valence electrons. The summed E-state index contributed by atoms with van der Waals surface area (Å²) in [6.07, 6.45) is 2.97. The molecule has 1 aliphatic heterocycles. The molecule has 29 heavy (non-hydrogen) atoms. The molecule has 0 radical (unpaired) electrons. The Labute approximate surface area is 170 Å². The van der Waals surface area contributed by atoms with Gasteiger partial charge in [-0.3, -0.25) is 14.5 Å². The van der Waals surface area contributed by atoms with E-state index in [4.69, 9.17) is 0 Å². The lowest BCUT2D eigenvalue weighted by molar-refractivity contribution is -0.127. The first-order valence-corrected chi connectivity index (χ1v) is 10.0. The number of likely N-dealkylation sites (N-methyl/N-ethyl adjacent to an activating group) is 1. The largest absolute Gasteiger partial charge is 0.361 e. The third kappa shape index (κ3) is 4.03. The van der Waals surface area contributed by atoms with Crippen LogP contribution in [0.25, 0.3) is 10.9 Å². The number of aromatic amines is 1. The normalized spacial score (nSPS) is 17.4. The smallest absolute Gasteiger partial charge is 0.254 e. The van der Waals surface area contributed by atoms with E-state index in [1.165, 1.54) is 10.9 Å². The van der Waals surface area contributed by atoms with Crippen LogP contribution >= 0.6 is 0 Å². The van der Waals surface area contributed by atoms with Crippen molar-refractivity contribution in [2.75, 3.05) is 33.2 Å². The van der Waals surface area contributed by atoms with Gasteiger partial charge in [0.05, 0.1) is 0 Å². The van der Waals surface area contributed by atoms with E-state index in [1.807, 2.05) is 24.3 Å². The van der Waals surface area contributed by atoms with Crippen LogP contribution in [-0.4, -0.2) is 65.9 Å². The Hall–Kier alpha value is -3.12. The van der Waals surface area contributed by atoms with Crippen molar-refractivity contribution in [1.29, 1.82) is 0 Å². The van der Waals surface area contributed by atoms with E-state index in [2.05, 4.69) is 39.6 Å². The van der Waals surface area contributed by atoms with Crippen molar-refractivity contribution in [3.63, 3.8) is 0 Å². The highest BCUT2D eigenvalue weighted by atomic mass is 16.2. The van der Waals surface area contributed by atoms with Crippen molar-refractivity contribution in [2.45, 2.75) is 12.5 Å². The summed E-state index contributed by atoms with van der Waals surface area (Å²) in [7, 11) is 1.62. The number of nitrogens with one attached hydrogen (secondary N) is 2. The van der Waals surface area contributed by atoms with Gasteiger partial charge < -0.3 is 15.2 Å². The van der Waals surface area contributed by atoms with Crippen molar-refractivity contribution in [2.24, 2.45) is 0 Å². The Balaban J connectivity index is 1.45. The van der Waals surface area contributed by atoms with E-state index in [0.29, 0.717) is 18.7 Å². The number of aromatic nitrogens is 1. The van der Waals surface area contributed by atoms with Crippen LogP contribution in [0.4, 0.5) is 0 Å². The first-order valence-electron chi connectivity index (χ1n) is 10.0. The summed E-state index contributed by atoms with van der Waals surface area (Å²) in [5.41, 5.74) is 3.04. The molecule has 4 rings (SSSR count). The van der Waals surface area contributed by atoms with Crippen LogP contribution in [0, 0.1) is 0 Å². The number of carbonyl (C=O) groups is 2. The van der Waals surface area contributed by atoms with E-state index < -0.39 is 6.04 Å². The first kappa shape index (κ1) is 19.2. The SMILES string of the molecule is CNC(=O)C1CN(CCc2c[nH]c3ccccc23)CCN1C(=O)c1ccccc1. The molecule has 6 nitrogen and oxygen atoms in total. The molecule has 1 atom stereocenters. The quantitative estimate of drug-likeness (QED) is 0.702. The van der Waals surface area contributed by atoms with Crippen LogP contribution in [0.1, 0.15) is 15.9 Å². The molecule has 2 heterocycles. The summed E-state index contributed by atoms with van der Waals surface area (Å²) < 4.78 is 0. The summed E-state index contributed by atoms with van der Waals surface area (Å²) in [6.45, 7) is 2.69. The molecule has 1 aromatic heterocycles. The monoisotopic (exact) mass is 390 g/mol. The molecule has 3 aromatic rings. The fraction of sp³-hybridized carbons (Fsp3) is 0.304. The highest BCUT2D eigenvalue weighted by Gasteiger charge is 2.35. The second-order valence-electron chi connectivity index (χ2n) is 7.40. The van der Waals surface area contributed by atoms with Crippen LogP contribution in [0.2, 0.25) is 0 Å². The van der Waals surface area contributed by atoms with Crippen LogP contribution in [0.15, 0.2) is 60.8 Å². The third-order valence-electron chi connectivity index (χ3n) is 5.67. The predicted molar refractivity (Wildman–Crippen MR) is 114 cm³/mol. The second-order valence-corrected chi connectivity index (χ2v) is 7.40. The minimum Gasteiger partial charge on any atom is -0.361 e. The lowest BCUT2D eigenvalue weighted by Crippen LogP contribution is -2.60. The minimum absolute atomic E-state index is 0.0875. The molecule has 6 heteroatoms. The number of H-pyrrole nitrogens is 1. The Morgan fingerprint density at radius 1 is 1.07 bits per heavy atom. The van der Waals surface area contributed by atoms with E-state index in [9.17, 15) is 9.59 Å². The summed E-state index contributed by atoms with van der Waals surface area (Å²) in [4.78, 5) is 32.8. The molecule has 0 aliphatic carbocycles. The van der Waals surface area contributed by atoms with Gasteiger partial charge in [0.25, 0.3) is 5.91 Å². The highest BCUT2D eigenvalue weighted by molar-refractivity contribution is 5.97. The number of hydrogen-bond acceptors (Lipinski definition) is 3. The Bertz CT molecular complexity index is 998. The number of hydrogen-bond donors (Lipinski definition) is 2. The lowest BCUT2D eigenvalue weighted by Gasteiger charge is -2.40. The van der Waals surface area contributed by atoms with Gasteiger partial charge >= 0.3 is 0 Å². The molecule has 1 fully saturated rings. The maximum atomic E-state index is 13.0. The molecular weight excluding hydrogens is 364 g/mol. The summed E-state index contributed by atoms with van der Waals surface area (Å²) in [5.74, 6) is -0.207. The van der Waals surface area contributed by atoms with Gasteiger partial charge in [0, 0.05) is 55.9 Å². The maximum Gasteiger partial charge on any atom is 0.254 e. The van der Waals surface area contributed by atoms with Crippen molar-refractivity contribution in [3.05, 3.63) is 71.9 Å². The van der Waals surface area contributed by atoms with Crippen LogP contribution in [0.3, 0.4) is 0 Å². The van der Waals surface area contributed by atoms with Gasteiger partial charge in [0.1, 0.15) is 6.04 Å².